The van der Waals surface area contributed by atoms with Crippen LogP contribution in [-0.4, -0.2) is 11.1 Å². The van der Waals surface area contributed by atoms with Crippen molar-refractivity contribution < 1.29 is 9.90 Å². The van der Waals surface area contributed by atoms with Crippen LogP contribution in [0, 0.1) is 23.7 Å². The molecule has 1 aliphatic rings. The molecule has 0 aromatic rings. The van der Waals surface area contributed by atoms with E-state index in [0.29, 0.717) is 11.8 Å². The van der Waals surface area contributed by atoms with Crippen molar-refractivity contribution in [3.63, 3.8) is 0 Å². The predicted octanol–water partition coefficient (Wildman–Crippen LogP) is 5.51. The highest BCUT2D eigenvalue weighted by molar-refractivity contribution is 5.70. The summed E-state index contributed by atoms with van der Waals surface area (Å²) in [5.74, 6) is 1.29. The zero-order valence-corrected chi connectivity index (χ0v) is 13.7. The first kappa shape index (κ1) is 17.5. The van der Waals surface area contributed by atoms with E-state index in [-0.39, 0.29) is 5.92 Å². The fraction of sp³-hybridized carbons (Fsp3) is 0.944. The normalized spacial score (nSPS) is 20.0. The van der Waals surface area contributed by atoms with Crippen LogP contribution in [-0.2, 0) is 4.79 Å². The van der Waals surface area contributed by atoms with Gasteiger partial charge in [0.05, 0.1) is 5.92 Å². The first-order chi connectivity index (χ1) is 9.50. The highest BCUT2D eigenvalue weighted by Gasteiger charge is 2.29. The van der Waals surface area contributed by atoms with Gasteiger partial charge in [0, 0.05) is 0 Å². The number of aliphatic carboxylic acids is 1. The molecule has 0 saturated heterocycles. The van der Waals surface area contributed by atoms with Crippen LogP contribution < -0.4 is 0 Å². The Bertz CT molecular complexity index is 267. The van der Waals surface area contributed by atoms with Gasteiger partial charge in [-0.1, -0.05) is 59.3 Å². The lowest BCUT2D eigenvalue weighted by molar-refractivity contribution is -0.144. The summed E-state index contributed by atoms with van der Waals surface area (Å²) in [7, 11) is 0. The SMILES string of the molecule is CC(C)CCCC(C)CCC(C(=O)O)C1CCCCC1. The second-order valence-electron chi connectivity index (χ2n) is 7.35. The fourth-order valence-electron chi connectivity index (χ4n) is 3.58. The van der Waals surface area contributed by atoms with Crippen molar-refractivity contribution in [1.29, 1.82) is 0 Å². The molecule has 118 valence electrons. The lowest BCUT2D eigenvalue weighted by Gasteiger charge is -2.28. The van der Waals surface area contributed by atoms with Gasteiger partial charge in [0.15, 0.2) is 0 Å². The Morgan fingerprint density at radius 1 is 1.00 bits per heavy atom. The minimum Gasteiger partial charge on any atom is -0.481 e. The molecule has 1 N–H and O–H groups in total. The van der Waals surface area contributed by atoms with Crippen molar-refractivity contribution >= 4 is 5.97 Å². The molecule has 0 aliphatic heterocycles. The molecule has 1 fully saturated rings. The van der Waals surface area contributed by atoms with E-state index in [1.54, 1.807) is 0 Å². The van der Waals surface area contributed by atoms with Gasteiger partial charge in [0.25, 0.3) is 0 Å². The Labute approximate surface area is 125 Å². The Morgan fingerprint density at radius 3 is 2.20 bits per heavy atom. The number of hydrogen-bond acceptors (Lipinski definition) is 1. The van der Waals surface area contributed by atoms with Gasteiger partial charge in [-0.3, -0.25) is 4.79 Å². The van der Waals surface area contributed by atoms with E-state index in [1.165, 1.54) is 38.5 Å². The number of carboxylic acid groups (broad SMARTS) is 1. The van der Waals surface area contributed by atoms with Crippen molar-refractivity contribution in [1.82, 2.24) is 0 Å². The molecule has 0 radical (unpaired) electrons. The monoisotopic (exact) mass is 282 g/mol. The molecule has 1 aliphatic carbocycles. The molecule has 0 heterocycles. The maximum absolute atomic E-state index is 11.5. The largest absolute Gasteiger partial charge is 0.481 e. The van der Waals surface area contributed by atoms with E-state index in [2.05, 4.69) is 20.8 Å². The van der Waals surface area contributed by atoms with Gasteiger partial charge < -0.3 is 5.11 Å². The van der Waals surface area contributed by atoms with E-state index in [9.17, 15) is 9.90 Å². The van der Waals surface area contributed by atoms with Crippen LogP contribution in [0.15, 0.2) is 0 Å². The van der Waals surface area contributed by atoms with Gasteiger partial charge in [0.1, 0.15) is 0 Å². The fourth-order valence-corrected chi connectivity index (χ4v) is 3.58. The molecule has 0 aromatic heterocycles. The summed E-state index contributed by atoms with van der Waals surface area (Å²) in [5, 5.41) is 9.49. The summed E-state index contributed by atoms with van der Waals surface area (Å²) < 4.78 is 0. The molecule has 0 spiro atoms. The number of carbonyl (C=O) groups is 1. The molecule has 2 nitrogen and oxygen atoms in total. The average Bonchev–Trinajstić information content (AvgIpc) is 2.39. The van der Waals surface area contributed by atoms with Crippen molar-refractivity contribution in [2.45, 2.75) is 85.0 Å². The van der Waals surface area contributed by atoms with Crippen LogP contribution in [0.2, 0.25) is 0 Å². The molecule has 0 aromatic carbocycles. The topological polar surface area (TPSA) is 37.3 Å². The summed E-state index contributed by atoms with van der Waals surface area (Å²) in [4.78, 5) is 11.5. The smallest absolute Gasteiger partial charge is 0.306 e. The summed E-state index contributed by atoms with van der Waals surface area (Å²) in [6.45, 7) is 6.84. The quantitative estimate of drug-likeness (QED) is 0.605. The molecular formula is C18H34O2. The maximum atomic E-state index is 11.5. The summed E-state index contributed by atoms with van der Waals surface area (Å²) >= 11 is 0. The highest BCUT2D eigenvalue weighted by atomic mass is 16.4. The number of hydrogen-bond donors (Lipinski definition) is 1. The van der Waals surface area contributed by atoms with Crippen LogP contribution >= 0.6 is 0 Å². The molecule has 1 rings (SSSR count). The maximum Gasteiger partial charge on any atom is 0.306 e. The predicted molar refractivity (Wildman–Crippen MR) is 84.8 cm³/mol. The van der Waals surface area contributed by atoms with Gasteiger partial charge >= 0.3 is 5.97 Å². The van der Waals surface area contributed by atoms with Gasteiger partial charge in [-0.25, -0.2) is 0 Å². The third-order valence-corrected chi connectivity index (χ3v) is 4.98. The van der Waals surface area contributed by atoms with Gasteiger partial charge in [-0.15, -0.1) is 0 Å². The lowest BCUT2D eigenvalue weighted by Crippen LogP contribution is -2.26. The van der Waals surface area contributed by atoms with Crippen molar-refractivity contribution in [2.75, 3.05) is 0 Å². The second kappa shape index (κ2) is 9.41. The third kappa shape index (κ3) is 6.76. The minimum atomic E-state index is -0.550. The van der Waals surface area contributed by atoms with Crippen LogP contribution in [0.25, 0.3) is 0 Å². The molecule has 0 bridgehead atoms. The third-order valence-electron chi connectivity index (χ3n) is 4.98. The number of carboxylic acids is 1. The van der Waals surface area contributed by atoms with E-state index in [0.717, 1.165) is 31.6 Å². The van der Waals surface area contributed by atoms with Gasteiger partial charge in [-0.05, 0) is 43.4 Å². The van der Waals surface area contributed by atoms with Gasteiger partial charge in [0.2, 0.25) is 0 Å². The molecule has 2 atom stereocenters. The summed E-state index contributed by atoms with van der Waals surface area (Å²) in [5.41, 5.74) is 0. The zero-order valence-electron chi connectivity index (χ0n) is 13.7. The molecular weight excluding hydrogens is 248 g/mol. The van der Waals surface area contributed by atoms with Crippen LogP contribution in [0.3, 0.4) is 0 Å². The van der Waals surface area contributed by atoms with Gasteiger partial charge in [-0.2, -0.15) is 0 Å². The first-order valence-corrected chi connectivity index (χ1v) is 8.73. The van der Waals surface area contributed by atoms with Crippen LogP contribution in [0.4, 0.5) is 0 Å². The summed E-state index contributed by atoms with van der Waals surface area (Å²) in [6, 6.07) is 0. The molecule has 1 saturated carbocycles. The summed E-state index contributed by atoms with van der Waals surface area (Å²) in [6.07, 6.45) is 11.9. The zero-order chi connectivity index (χ0) is 15.0. The standard InChI is InChI=1S/C18H34O2/c1-14(2)8-7-9-15(3)12-13-17(18(19)20)16-10-5-4-6-11-16/h14-17H,4-13H2,1-3H3,(H,19,20). The number of rotatable bonds is 9. The first-order valence-electron chi connectivity index (χ1n) is 8.73. The molecule has 2 unspecified atom stereocenters. The highest BCUT2D eigenvalue weighted by Crippen LogP contribution is 2.33. The Morgan fingerprint density at radius 2 is 1.65 bits per heavy atom. The van der Waals surface area contributed by atoms with Crippen molar-refractivity contribution in [3.8, 4) is 0 Å². The van der Waals surface area contributed by atoms with Crippen molar-refractivity contribution in [2.24, 2.45) is 23.7 Å². The molecule has 2 heteroatoms. The van der Waals surface area contributed by atoms with Crippen LogP contribution in [0.5, 0.6) is 0 Å². The van der Waals surface area contributed by atoms with E-state index in [4.69, 9.17) is 0 Å². The Hall–Kier alpha value is -0.530. The van der Waals surface area contributed by atoms with E-state index in [1.807, 2.05) is 0 Å². The minimum absolute atomic E-state index is 0.0807. The second-order valence-corrected chi connectivity index (χ2v) is 7.35. The van der Waals surface area contributed by atoms with E-state index < -0.39 is 5.97 Å². The molecule has 0 amide bonds. The Kier molecular flexibility index (Phi) is 8.25. The Balaban J connectivity index is 2.29. The lowest BCUT2D eigenvalue weighted by atomic mass is 9.77. The van der Waals surface area contributed by atoms with Crippen molar-refractivity contribution in [3.05, 3.63) is 0 Å². The van der Waals surface area contributed by atoms with Crippen LogP contribution in [0.1, 0.15) is 85.0 Å². The molecule has 20 heavy (non-hydrogen) atoms. The average molecular weight is 282 g/mol. The van der Waals surface area contributed by atoms with E-state index >= 15 is 0 Å².